The second-order valence-electron chi connectivity index (χ2n) is 7.28. The van der Waals surface area contributed by atoms with Gasteiger partial charge in [-0.25, -0.2) is 0 Å². The molecule has 1 aliphatic heterocycles. The topological polar surface area (TPSA) is 49.4 Å². The van der Waals surface area contributed by atoms with Gasteiger partial charge in [-0.2, -0.15) is 0 Å². The Morgan fingerprint density at radius 2 is 1.79 bits per heavy atom. The fraction of sp³-hybridized carbons (Fsp3) is 0.600. The maximum Gasteiger partial charge on any atom is 0.223 e. The zero-order chi connectivity index (χ0) is 16.9. The van der Waals surface area contributed by atoms with E-state index in [2.05, 4.69) is 24.4 Å². The second-order valence-corrected chi connectivity index (χ2v) is 7.28. The van der Waals surface area contributed by atoms with Gasteiger partial charge in [0.05, 0.1) is 0 Å². The summed E-state index contributed by atoms with van der Waals surface area (Å²) < 4.78 is 0. The van der Waals surface area contributed by atoms with Gasteiger partial charge >= 0.3 is 0 Å². The third kappa shape index (κ3) is 4.59. The fourth-order valence-corrected chi connectivity index (χ4v) is 3.50. The summed E-state index contributed by atoms with van der Waals surface area (Å²) in [5.74, 6) is 1.16. The van der Waals surface area contributed by atoms with Gasteiger partial charge in [0.15, 0.2) is 0 Å². The van der Waals surface area contributed by atoms with Crippen molar-refractivity contribution in [2.45, 2.75) is 51.5 Å². The number of nitrogens with zero attached hydrogens (tertiary/aromatic N) is 1. The van der Waals surface area contributed by atoms with Gasteiger partial charge in [0.25, 0.3) is 0 Å². The molecule has 24 heavy (non-hydrogen) atoms. The molecule has 4 heteroatoms. The molecule has 2 amide bonds. The van der Waals surface area contributed by atoms with Crippen LogP contribution < -0.4 is 5.32 Å². The van der Waals surface area contributed by atoms with Crippen LogP contribution in [-0.2, 0) is 16.0 Å². The highest BCUT2D eigenvalue weighted by Crippen LogP contribution is 2.32. The van der Waals surface area contributed by atoms with E-state index in [1.54, 1.807) is 0 Å². The van der Waals surface area contributed by atoms with E-state index in [0.29, 0.717) is 31.5 Å². The molecule has 1 atom stereocenters. The van der Waals surface area contributed by atoms with Crippen LogP contribution in [0.1, 0.15) is 44.6 Å². The molecule has 3 rings (SSSR count). The third-order valence-electron chi connectivity index (χ3n) is 5.39. The Balaban J connectivity index is 1.39. The number of amides is 2. The molecule has 1 aromatic carbocycles. The highest BCUT2D eigenvalue weighted by atomic mass is 16.2. The van der Waals surface area contributed by atoms with Gasteiger partial charge in [-0.05, 0) is 50.5 Å². The Labute approximate surface area is 144 Å². The lowest BCUT2D eigenvalue weighted by atomic mass is 9.95. The number of aryl methyl sites for hydroxylation is 1. The lowest BCUT2D eigenvalue weighted by Gasteiger charge is -2.32. The lowest BCUT2D eigenvalue weighted by molar-refractivity contribution is -0.135. The first-order valence-corrected chi connectivity index (χ1v) is 9.25. The summed E-state index contributed by atoms with van der Waals surface area (Å²) in [6, 6.07) is 10.4. The minimum absolute atomic E-state index is 0.0735. The summed E-state index contributed by atoms with van der Waals surface area (Å²) in [6.07, 6.45) is 5.42. The van der Waals surface area contributed by atoms with Crippen LogP contribution in [0.2, 0.25) is 0 Å². The molecule has 0 spiro atoms. The van der Waals surface area contributed by atoms with Crippen molar-refractivity contribution in [3.05, 3.63) is 35.9 Å². The summed E-state index contributed by atoms with van der Waals surface area (Å²) in [5, 5.41) is 3.16. The monoisotopic (exact) mass is 328 g/mol. The highest BCUT2D eigenvalue weighted by Gasteiger charge is 2.32. The normalized spacial score (nSPS) is 19.8. The molecule has 1 aliphatic carbocycles. The molecule has 0 bridgehead atoms. The number of benzene rings is 1. The highest BCUT2D eigenvalue weighted by molar-refractivity contribution is 5.80. The van der Waals surface area contributed by atoms with Crippen molar-refractivity contribution in [3.63, 3.8) is 0 Å². The van der Waals surface area contributed by atoms with Gasteiger partial charge in [0.1, 0.15) is 0 Å². The van der Waals surface area contributed by atoms with E-state index in [1.807, 2.05) is 23.1 Å². The van der Waals surface area contributed by atoms with Gasteiger partial charge < -0.3 is 10.2 Å². The van der Waals surface area contributed by atoms with E-state index in [0.717, 1.165) is 19.3 Å². The molecule has 1 saturated heterocycles. The number of rotatable bonds is 6. The Kier molecular flexibility index (Phi) is 5.54. The van der Waals surface area contributed by atoms with Gasteiger partial charge in [0, 0.05) is 31.5 Å². The first-order chi connectivity index (χ1) is 11.6. The first kappa shape index (κ1) is 17.0. The first-order valence-electron chi connectivity index (χ1n) is 9.25. The molecule has 0 aromatic heterocycles. The summed E-state index contributed by atoms with van der Waals surface area (Å²) in [6.45, 7) is 3.53. The fourth-order valence-electron chi connectivity index (χ4n) is 3.50. The molecular weight excluding hydrogens is 300 g/mol. The SMILES string of the molecule is C[C@@H](NC(=O)C1CCN(C(=O)CCc2ccccc2)CC1)C1CC1. The summed E-state index contributed by atoms with van der Waals surface area (Å²) >= 11 is 0. The van der Waals surface area contributed by atoms with Gasteiger partial charge in [-0.1, -0.05) is 30.3 Å². The van der Waals surface area contributed by atoms with E-state index >= 15 is 0 Å². The molecule has 1 saturated carbocycles. The average molecular weight is 328 g/mol. The maximum atomic E-state index is 12.3. The van der Waals surface area contributed by atoms with E-state index in [9.17, 15) is 9.59 Å². The van der Waals surface area contributed by atoms with Crippen molar-refractivity contribution in [2.75, 3.05) is 13.1 Å². The zero-order valence-corrected chi connectivity index (χ0v) is 14.5. The Bertz CT molecular complexity index is 560. The predicted molar refractivity (Wildman–Crippen MR) is 94.4 cm³/mol. The summed E-state index contributed by atoms with van der Waals surface area (Å²) in [7, 11) is 0. The largest absolute Gasteiger partial charge is 0.353 e. The molecule has 1 heterocycles. The van der Waals surface area contributed by atoms with E-state index in [4.69, 9.17) is 0 Å². The van der Waals surface area contributed by atoms with Crippen molar-refractivity contribution in [3.8, 4) is 0 Å². The molecule has 4 nitrogen and oxygen atoms in total. The van der Waals surface area contributed by atoms with Crippen LogP contribution in [0, 0.1) is 11.8 Å². The van der Waals surface area contributed by atoms with Gasteiger partial charge in [-0.3, -0.25) is 9.59 Å². The molecular formula is C20H28N2O2. The van der Waals surface area contributed by atoms with Crippen LogP contribution in [0.15, 0.2) is 30.3 Å². The van der Waals surface area contributed by atoms with E-state index in [-0.39, 0.29) is 17.7 Å². The number of carbonyl (C=O) groups is 2. The number of nitrogens with one attached hydrogen (secondary N) is 1. The molecule has 0 unspecified atom stereocenters. The minimum atomic E-state index is 0.0735. The van der Waals surface area contributed by atoms with Crippen LogP contribution in [0.5, 0.6) is 0 Å². The van der Waals surface area contributed by atoms with Gasteiger partial charge in [-0.15, -0.1) is 0 Å². The number of likely N-dealkylation sites (tertiary alicyclic amines) is 1. The van der Waals surface area contributed by atoms with Crippen LogP contribution in [0.3, 0.4) is 0 Å². The molecule has 130 valence electrons. The predicted octanol–water partition coefficient (Wildman–Crippen LogP) is 2.77. The van der Waals surface area contributed by atoms with E-state index in [1.165, 1.54) is 18.4 Å². The minimum Gasteiger partial charge on any atom is -0.353 e. The summed E-state index contributed by atoms with van der Waals surface area (Å²) in [5.41, 5.74) is 1.20. The quantitative estimate of drug-likeness (QED) is 0.873. The smallest absolute Gasteiger partial charge is 0.223 e. The molecule has 2 fully saturated rings. The molecule has 1 N–H and O–H groups in total. The zero-order valence-electron chi connectivity index (χ0n) is 14.5. The number of carbonyl (C=O) groups excluding carboxylic acids is 2. The van der Waals surface area contributed by atoms with Crippen molar-refractivity contribution in [1.82, 2.24) is 10.2 Å². The lowest BCUT2D eigenvalue weighted by Crippen LogP contribution is -2.45. The molecule has 1 aromatic rings. The van der Waals surface area contributed by atoms with Gasteiger partial charge in [0.2, 0.25) is 11.8 Å². The molecule has 0 radical (unpaired) electrons. The van der Waals surface area contributed by atoms with Crippen molar-refractivity contribution < 1.29 is 9.59 Å². The Hall–Kier alpha value is -1.84. The number of hydrogen-bond donors (Lipinski definition) is 1. The molecule has 2 aliphatic rings. The maximum absolute atomic E-state index is 12.3. The average Bonchev–Trinajstić information content (AvgIpc) is 3.46. The van der Waals surface area contributed by atoms with Crippen LogP contribution in [-0.4, -0.2) is 35.8 Å². The van der Waals surface area contributed by atoms with Crippen molar-refractivity contribution >= 4 is 11.8 Å². The standard InChI is InChI=1S/C20H28N2O2/c1-15(17-8-9-17)21-20(24)18-11-13-22(14-12-18)19(23)10-7-16-5-3-2-4-6-16/h2-6,15,17-18H,7-14H2,1H3,(H,21,24)/t15-/m1/s1. The number of hydrogen-bond acceptors (Lipinski definition) is 2. The van der Waals surface area contributed by atoms with E-state index < -0.39 is 0 Å². The van der Waals surface area contributed by atoms with Crippen LogP contribution in [0.25, 0.3) is 0 Å². The third-order valence-corrected chi connectivity index (χ3v) is 5.39. The van der Waals surface area contributed by atoms with Crippen molar-refractivity contribution in [1.29, 1.82) is 0 Å². The van der Waals surface area contributed by atoms with Crippen LogP contribution >= 0.6 is 0 Å². The Morgan fingerprint density at radius 1 is 1.12 bits per heavy atom. The summed E-state index contributed by atoms with van der Waals surface area (Å²) in [4.78, 5) is 26.6. The van der Waals surface area contributed by atoms with Crippen molar-refractivity contribution in [2.24, 2.45) is 11.8 Å². The number of piperidine rings is 1. The van der Waals surface area contributed by atoms with Crippen LogP contribution in [0.4, 0.5) is 0 Å². The second kappa shape index (κ2) is 7.82. The Morgan fingerprint density at radius 3 is 2.42 bits per heavy atom.